The lowest BCUT2D eigenvalue weighted by atomic mass is 10.2. The minimum absolute atomic E-state index is 0.532. The first-order valence-electron chi connectivity index (χ1n) is 5.36. The molecule has 0 saturated heterocycles. The molecule has 0 aliphatic carbocycles. The fourth-order valence-electron chi connectivity index (χ4n) is 1.38. The summed E-state index contributed by atoms with van der Waals surface area (Å²) in [7, 11) is 1.57. The molecule has 0 unspecified atom stereocenters. The van der Waals surface area contributed by atoms with Crippen LogP contribution in [0.3, 0.4) is 0 Å². The summed E-state index contributed by atoms with van der Waals surface area (Å²) >= 11 is 0. The average molecular weight is 237 g/mol. The van der Waals surface area contributed by atoms with E-state index in [1.807, 2.05) is 12.1 Å². The highest BCUT2D eigenvalue weighted by Crippen LogP contribution is 2.16. The number of nitrogens with zero attached hydrogens (tertiary/aromatic N) is 3. The van der Waals surface area contributed by atoms with Crippen LogP contribution < -0.4 is 4.74 Å². The van der Waals surface area contributed by atoms with Crippen molar-refractivity contribution >= 4 is 11.9 Å². The molecule has 4 nitrogen and oxygen atoms in total. The van der Waals surface area contributed by atoms with E-state index in [1.165, 1.54) is 0 Å². The molecule has 0 bridgehead atoms. The van der Waals surface area contributed by atoms with Crippen LogP contribution in [0.4, 0.5) is 5.69 Å². The number of hydrogen-bond donors (Lipinski definition) is 0. The summed E-state index contributed by atoms with van der Waals surface area (Å²) < 4.78 is 5.02. The molecule has 0 amide bonds. The van der Waals surface area contributed by atoms with Crippen molar-refractivity contribution in [2.75, 3.05) is 7.11 Å². The van der Waals surface area contributed by atoms with Crippen LogP contribution in [0.25, 0.3) is 0 Å². The topological polar surface area (TPSA) is 58.3 Å². The Hall–Kier alpha value is -2.67. The normalized spacial score (nSPS) is 10.2. The number of pyridine rings is 1. The molecule has 0 N–H and O–H groups in total. The predicted molar refractivity (Wildman–Crippen MR) is 69.2 cm³/mol. The van der Waals surface area contributed by atoms with Crippen LogP contribution in [0.1, 0.15) is 11.1 Å². The highest BCUT2D eigenvalue weighted by atomic mass is 16.5. The number of methoxy groups -OCH3 is 1. The van der Waals surface area contributed by atoms with Crippen LogP contribution in [0, 0.1) is 11.3 Å². The Morgan fingerprint density at radius 1 is 1.28 bits per heavy atom. The van der Waals surface area contributed by atoms with Crippen molar-refractivity contribution in [3.63, 3.8) is 0 Å². The molecule has 0 radical (unpaired) electrons. The van der Waals surface area contributed by atoms with Gasteiger partial charge in [0.25, 0.3) is 0 Å². The Kier molecular flexibility index (Phi) is 3.67. The molecule has 0 aliphatic heterocycles. The van der Waals surface area contributed by atoms with Gasteiger partial charge in [-0.1, -0.05) is 12.1 Å². The van der Waals surface area contributed by atoms with E-state index in [0.717, 1.165) is 11.3 Å². The SMILES string of the molecule is COc1cc(/N=C/c2ccc(C#N)cc2)ccn1. The summed E-state index contributed by atoms with van der Waals surface area (Å²) in [6.07, 6.45) is 3.38. The molecule has 88 valence electrons. The fourth-order valence-corrected chi connectivity index (χ4v) is 1.38. The monoisotopic (exact) mass is 237 g/mol. The van der Waals surface area contributed by atoms with Gasteiger partial charge < -0.3 is 4.74 Å². The van der Waals surface area contributed by atoms with Gasteiger partial charge in [-0.25, -0.2) is 4.98 Å². The van der Waals surface area contributed by atoms with Crippen molar-refractivity contribution in [1.82, 2.24) is 4.98 Å². The molecule has 1 heterocycles. The van der Waals surface area contributed by atoms with Crippen LogP contribution >= 0.6 is 0 Å². The summed E-state index contributed by atoms with van der Waals surface area (Å²) in [4.78, 5) is 8.32. The largest absolute Gasteiger partial charge is 0.481 e. The first kappa shape index (κ1) is 11.8. The van der Waals surface area contributed by atoms with Crippen LogP contribution in [0.5, 0.6) is 5.88 Å². The van der Waals surface area contributed by atoms with E-state index in [9.17, 15) is 0 Å². The summed E-state index contributed by atoms with van der Waals surface area (Å²) in [6, 6.07) is 12.8. The molecule has 0 spiro atoms. The van der Waals surface area contributed by atoms with Crippen LogP contribution in [-0.2, 0) is 0 Å². The second-order valence-corrected chi connectivity index (χ2v) is 3.55. The van der Waals surface area contributed by atoms with Gasteiger partial charge >= 0.3 is 0 Å². The summed E-state index contributed by atoms with van der Waals surface area (Å²) in [5.41, 5.74) is 2.34. The van der Waals surface area contributed by atoms with Crippen molar-refractivity contribution in [2.24, 2.45) is 4.99 Å². The third-order valence-electron chi connectivity index (χ3n) is 2.33. The van der Waals surface area contributed by atoms with Gasteiger partial charge in [0, 0.05) is 18.5 Å². The number of aliphatic imine (C=N–C) groups is 1. The molecule has 4 heteroatoms. The van der Waals surface area contributed by atoms with Gasteiger partial charge in [0.2, 0.25) is 5.88 Å². The first-order valence-corrected chi connectivity index (χ1v) is 5.36. The molecule has 1 aromatic heterocycles. The number of rotatable bonds is 3. The van der Waals surface area contributed by atoms with E-state index in [2.05, 4.69) is 16.0 Å². The lowest BCUT2D eigenvalue weighted by Gasteiger charge is -1.98. The Morgan fingerprint density at radius 3 is 2.72 bits per heavy atom. The predicted octanol–water partition coefficient (Wildman–Crippen LogP) is 2.71. The standard InChI is InChI=1S/C14H11N3O/c1-18-14-8-13(6-7-16-14)17-10-12-4-2-11(9-15)3-5-12/h2-8,10H,1H3/b17-10+. The Labute approximate surface area is 105 Å². The molecule has 2 aromatic rings. The number of hydrogen-bond acceptors (Lipinski definition) is 4. The average Bonchev–Trinajstić information content (AvgIpc) is 2.46. The highest BCUT2D eigenvalue weighted by Gasteiger charge is 1.94. The highest BCUT2D eigenvalue weighted by molar-refractivity contribution is 5.82. The molecule has 0 fully saturated rings. The lowest BCUT2D eigenvalue weighted by molar-refractivity contribution is 0.398. The summed E-state index contributed by atoms with van der Waals surface area (Å²) in [5.74, 6) is 0.532. The number of aromatic nitrogens is 1. The smallest absolute Gasteiger partial charge is 0.215 e. The van der Waals surface area contributed by atoms with Crippen LogP contribution in [0.2, 0.25) is 0 Å². The van der Waals surface area contributed by atoms with Gasteiger partial charge in [0.1, 0.15) is 0 Å². The second kappa shape index (κ2) is 5.60. The Bertz CT molecular complexity index is 597. The summed E-state index contributed by atoms with van der Waals surface area (Å²) in [6.45, 7) is 0. The fraction of sp³-hybridized carbons (Fsp3) is 0.0714. The van der Waals surface area contributed by atoms with Gasteiger partial charge in [-0.15, -0.1) is 0 Å². The Balaban J connectivity index is 2.16. The van der Waals surface area contributed by atoms with E-state index in [-0.39, 0.29) is 0 Å². The molecule has 0 saturated carbocycles. The molecule has 18 heavy (non-hydrogen) atoms. The van der Waals surface area contributed by atoms with Crippen LogP contribution in [0.15, 0.2) is 47.6 Å². The van der Waals surface area contributed by atoms with Crippen molar-refractivity contribution in [2.45, 2.75) is 0 Å². The minimum atomic E-state index is 0.532. The van der Waals surface area contributed by atoms with E-state index in [1.54, 1.807) is 43.8 Å². The molecule has 0 atom stereocenters. The van der Waals surface area contributed by atoms with Crippen molar-refractivity contribution in [1.29, 1.82) is 5.26 Å². The summed E-state index contributed by atoms with van der Waals surface area (Å²) in [5, 5.41) is 8.69. The molecule has 0 aliphatic rings. The maximum absolute atomic E-state index is 8.69. The Morgan fingerprint density at radius 2 is 2.06 bits per heavy atom. The van der Waals surface area contributed by atoms with E-state index in [4.69, 9.17) is 10.00 Å². The van der Waals surface area contributed by atoms with E-state index >= 15 is 0 Å². The number of benzene rings is 1. The lowest BCUT2D eigenvalue weighted by Crippen LogP contribution is -1.85. The van der Waals surface area contributed by atoms with Gasteiger partial charge in [-0.2, -0.15) is 5.26 Å². The maximum Gasteiger partial charge on any atom is 0.215 e. The zero-order chi connectivity index (χ0) is 12.8. The zero-order valence-corrected chi connectivity index (χ0v) is 9.87. The van der Waals surface area contributed by atoms with E-state index in [0.29, 0.717) is 11.4 Å². The molecule has 2 rings (SSSR count). The van der Waals surface area contributed by atoms with Crippen molar-refractivity contribution < 1.29 is 4.74 Å². The van der Waals surface area contributed by atoms with Gasteiger partial charge in [-0.3, -0.25) is 4.99 Å². The number of nitriles is 1. The quantitative estimate of drug-likeness (QED) is 0.771. The molecular formula is C14H11N3O. The third kappa shape index (κ3) is 2.92. The zero-order valence-electron chi connectivity index (χ0n) is 9.87. The van der Waals surface area contributed by atoms with Crippen molar-refractivity contribution in [3.05, 3.63) is 53.7 Å². The van der Waals surface area contributed by atoms with Crippen LogP contribution in [-0.4, -0.2) is 18.3 Å². The van der Waals surface area contributed by atoms with E-state index < -0.39 is 0 Å². The van der Waals surface area contributed by atoms with Gasteiger partial charge in [-0.05, 0) is 23.8 Å². The van der Waals surface area contributed by atoms with Gasteiger partial charge in [0.15, 0.2) is 0 Å². The van der Waals surface area contributed by atoms with Crippen molar-refractivity contribution in [3.8, 4) is 11.9 Å². The first-order chi connectivity index (χ1) is 8.81. The third-order valence-corrected chi connectivity index (χ3v) is 2.33. The van der Waals surface area contributed by atoms with Gasteiger partial charge in [0.05, 0.1) is 24.4 Å². The number of ether oxygens (including phenoxy) is 1. The molecular weight excluding hydrogens is 226 g/mol. The maximum atomic E-state index is 8.69. The second-order valence-electron chi connectivity index (χ2n) is 3.55. The minimum Gasteiger partial charge on any atom is -0.481 e. The molecule has 1 aromatic carbocycles.